The standard InChI is InChI=1S/C13H20ClNO/c1-9-7-12(8-10(2)13(9)14)16-11(3)5-6-15-4/h7-8,11,15H,5-6H2,1-4H3. The Morgan fingerprint density at radius 1 is 1.31 bits per heavy atom. The Balaban J connectivity index is 2.67. The summed E-state index contributed by atoms with van der Waals surface area (Å²) in [5.74, 6) is 0.906. The normalized spacial score (nSPS) is 12.6. The van der Waals surface area contributed by atoms with Gasteiger partial charge in [-0.2, -0.15) is 0 Å². The number of hydrogen-bond donors (Lipinski definition) is 1. The fourth-order valence-corrected chi connectivity index (χ4v) is 1.72. The minimum atomic E-state index is 0.215. The topological polar surface area (TPSA) is 21.3 Å². The molecule has 0 amide bonds. The van der Waals surface area contributed by atoms with Crippen LogP contribution in [-0.4, -0.2) is 19.7 Å². The quantitative estimate of drug-likeness (QED) is 0.854. The van der Waals surface area contributed by atoms with Crippen molar-refractivity contribution in [2.24, 2.45) is 0 Å². The molecule has 90 valence electrons. The van der Waals surface area contributed by atoms with Gasteiger partial charge in [0.1, 0.15) is 5.75 Å². The average Bonchev–Trinajstić information content (AvgIpc) is 2.23. The average molecular weight is 242 g/mol. The van der Waals surface area contributed by atoms with Gasteiger partial charge in [0.25, 0.3) is 0 Å². The zero-order valence-corrected chi connectivity index (χ0v) is 11.2. The van der Waals surface area contributed by atoms with E-state index in [-0.39, 0.29) is 6.10 Å². The van der Waals surface area contributed by atoms with Crippen LogP contribution >= 0.6 is 11.6 Å². The van der Waals surface area contributed by atoms with Crippen LogP contribution in [0.5, 0.6) is 5.75 Å². The van der Waals surface area contributed by atoms with Gasteiger partial charge in [-0.3, -0.25) is 0 Å². The number of benzene rings is 1. The number of hydrogen-bond acceptors (Lipinski definition) is 2. The second kappa shape index (κ2) is 6.12. The molecule has 0 aromatic heterocycles. The first-order chi connectivity index (χ1) is 7.54. The Hall–Kier alpha value is -0.730. The summed E-state index contributed by atoms with van der Waals surface area (Å²) in [5, 5.41) is 3.94. The minimum Gasteiger partial charge on any atom is -0.491 e. The lowest BCUT2D eigenvalue weighted by Crippen LogP contribution is -2.19. The van der Waals surface area contributed by atoms with Crippen LogP contribution in [0.2, 0.25) is 5.02 Å². The Morgan fingerprint density at radius 2 is 1.88 bits per heavy atom. The van der Waals surface area contributed by atoms with E-state index in [4.69, 9.17) is 16.3 Å². The van der Waals surface area contributed by atoms with Crippen molar-refractivity contribution < 1.29 is 4.74 Å². The van der Waals surface area contributed by atoms with Crippen LogP contribution in [0.3, 0.4) is 0 Å². The number of aryl methyl sites for hydroxylation is 2. The molecule has 0 aliphatic heterocycles. The number of ether oxygens (including phenoxy) is 1. The highest BCUT2D eigenvalue weighted by Crippen LogP contribution is 2.26. The van der Waals surface area contributed by atoms with Gasteiger partial charge in [-0.25, -0.2) is 0 Å². The first-order valence-corrected chi connectivity index (χ1v) is 6.00. The summed E-state index contributed by atoms with van der Waals surface area (Å²) < 4.78 is 5.83. The van der Waals surface area contributed by atoms with Gasteiger partial charge in [-0.15, -0.1) is 0 Å². The molecule has 0 saturated carbocycles. The molecule has 2 nitrogen and oxygen atoms in total. The Kier molecular flexibility index (Phi) is 5.10. The van der Waals surface area contributed by atoms with Gasteiger partial charge in [0.05, 0.1) is 6.10 Å². The maximum atomic E-state index is 6.10. The predicted molar refractivity (Wildman–Crippen MR) is 69.6 cm³/mol. The molecule has 0 spiro atoms. The first kappa shape index (κ1) is 13.3. The molecule has 1 N–H and O–H groups in total. The van der Waals surface area contributed by atoms with Gasteiger partial charge in [0.15, 0.2) is 0 Å². The molecular weight excluding hydrogens is 222 g/mol. The molecule has 0 aliphatic carbocycles. The largest absolute Gasteiger partial charge is 0.491 e. The number of rotatable bonds is 5. The fourth-order valence-electron chi connectivity index (χ4n) is 1.61. The highest BCUT2D eigenvalue weighted by molar-refractivity contribution is 6.32. The van der Waals surface area contributed by atoms with Gasteiger partial charge in [0.2, 0.25) is 0 Å². The third-order valence-electron chi connectivity index (χ3n) is 2.55. The van der Waals surface area contributed by atoms with Crippen molar-refractivity contribution in [2.45, 2.75) is 33.3 Å². The van der Waals surface area contributed by atoms with E-state index in [1.54, 1.807) is 0 Å². The lowest BCUT2D eigenvalue weighted by molar-refractivity contribution is 0.211. The lowest BCUT2D eigenvalue weighted by atomic mass is 10.1. The number of halogens is 1. The van der Waals surface area contributed by atoms with E-state index < -0.39 is 0 Å². The first-order valence-electron chi connectivity index (χ1n) is 5.62. The molecule has 1 rings (SSSR count). The van der Waals surface area contributed by atoms with E-state index >= 15 is 0 Å². The summed E-state index contributed by atoms with van der Waals surface area (Å²) in [6.45, 7) is 7.05. The molecule has 1 atom stereocenters. The van der Waals surface area contributed by atoms with Crippen molar-refractivity contribution in [1.29, 1.82) is 0 Å². The zero-order chi connectivity index (χ0) is 12.1. The zero-order valence-electron chi connectivity index (χ0n) is 10.4. The van der Waals surface area contributed by atoms with Crippen molar-refractivity contribution in [3.05, 3.63) is 28.3 Å². The van der Waals surface area contributed by atoms with Crippen molar-refractivity contribution in [3.8, 4) is 5.75 Å². The third-order valence-corrected chi connectivity index (χ3v) is 3.14. The smallest absolute Gasteiger partial charge is 0.120 e. The molecule has 0 fully saturated rings. The maximum Gasteiger partial charge on any atom is 0.120 e. The van der Waals surface area contributed by atoms with Crippen LogP contribution in [-0.2, 0) is 0 Å². The van der Waals surface area contributed by atoms with Crippen molar-refractivity contribution in [2.75, 3.05) is 13.6 Å². The van der Waals surface area contributed by atoms with E-state index in [9.17, 15) is 0 Å². The summed E-state index contributed by atoms with van der Waals surface area (Å²) in [6, 6.07) is 3.98. The second-order valence-corrected chi connectivity index (χ2v) is 4.57. The Labute approximate surface area is 103 Å². The predicted octanol–water partition coefficient (Wildman–Crippen LogP) is 3.33. The van der Waals surface area contributed by atoms with Gasteiger partial charge >= 0.3 is 0 Å². The molecule has 3 heteroatoms. The summed E-state index contributed by atoms with van der Waals surface area (Å²) >= 11 is 6.10. The Morgan fingerprint density at radius 3 is 2.38 bits per heavy atom. The highest BCUT2D eigenvalue weighted by Gasteiger charge is 2.07. The van der Waals surface area contributed by atoms with E-state index in [0.717, 1.165) is 34.9 Å². The Bertz CT molecular complexity index is 329. The molecule has 0 aliphatic rings. The molecule has 1 aromatic rings. The molecule has 1 unspecified atom stereocenters. The molecule has 0 saturated heterocycles. The fraction of sp³-hybridized carbons (Fsp3) is 0.538. The molecule has 0 radical (unpaired) electrons. The van der Waals surface area contributed by atoms with Crippen molar-refractivity contribution in [3.63, 3.8) is 0 Å². The third kappa shape index (κ3) is 3.69. The summed E-state index contributed by atoms with van der Waals surface area (Å²) in [6.07, 6.45) is 1.21. The van der Waals surface area contributed by atoms with E-state index in [0.29, 0.717) is 0 Å². The summed E-state index contributed by atoms with van der Waals surface area (Å²) in [4.78, 5) is 0. The summed E-state index contributed by atoms with van der Waals surface area (Å²) in [5.41, 5.74) is 2.13. The van der Waals surface area contributed by atoms with Crippen molar-refractivity contribution >= 4 is 11.6 Å². The number of nitrogens with one attached hydrogen (secondary N) is 1. The second-order valence-electron chi connectivity index (χ2n) is 4.19. The van der Waals surface area contributed by atoms with Gasteiger partial charge < -0.3 is 10.1 Å². The lowest BCUT2D eigenvalue weighted by Gasteiger charge is -2.16. The van der Waals surface area contributed by atoms with Crippen LogP contribution < -0.4 is 10.1 Å². The monoisotopic (exact) mass is 241 g/mol. The van der Waals surface area contributed by atoms with Gasteiger partial charge in [-0.1, -0.05) is 11.6 Å². The van der Waals surface area contributed by atoms with Crippen molar-refractivity contribution in [1.82, 2.24) is 5.32 Å². The SMILES string of the molecule is CNCCC(C)Oc1cc(C)c(Cl)c(C)c1. The van der Waals surface area contributed by atoms with E-state index in [1.807, 2.05) is 33.0 Å². The van der Waals surface area contributed by atoms with E-state index in [2.05, 4.69) is 12.2 Å². The van der Waals surface area contributed by atoms with Crippen LogP contribution in [0.15, 0.2) is 12.1 Å². The van der Waals surface area contributed by atoms with E-state index in [1.165, 1.54) is 0 Å². The molecule has 1 aromatic carbocycles. The highest BCUT2D eigenvalue weighted by atomic mass is 35.5. The van der Waals surface area contributed by atoms with Crippen LogP contribution in [0.25, 0.3) is 0 Å². The maximum absolute atomic E-state index is 6.10. The molecular formula is C13H20ClNO. The van der Waals surface area contributed by atoms with Crippen LogP contribution in [0.4, 0.5) is 0 Å². The van der Waals surface area contributed by atoms with Crippen LogP contribution in [0.1, 0.15) is 24.5 Å². The minimum absolute atomic E-state index is 0.215. The summed E-state index contributed by atoms with van der Waals surface area (Å²) in [7, 11) is 1.95. The van der Waals surface area contributed by atoms with Crippen LogP contribution in [0, 0.1) is 13.8 Å². The molecule has 16 heavy (non-hydrogen) atoms. The van der Waals surface area contributed by atoms with Gasteiger partial charge in [0, 0.05) is 5.02 Å². The molecule has 0 bridgehead atoms. The van der Waals surface area contributed by atoms with Gasteiger partial charge in [-0.05, 0) is 64.0 Å². The molecule has 0 heterocycles.